The number of anilines is 1. The molecule has 2 atom stereocenters. The van der Waals surface area contributed by atoms with Crippen LogP contribution in [0.4, 0.5) is 5.13 Å². The molecule has 1 aliphatic heterocycles. The van der Waals surface area contributed by atoms with Crippen LogP contribution >= 0.6 is 11.3 Å². The number of oxime groups is 1. The van der Waals surface area contributed by atoms with E-state index in [9.17, 15) is 27.9 Å². The first kappa shape index (κ1) is 37.2. The van der Waals surface area contributed by atoms with Crippen LogP contribution < -0.4 is 31.5 Å². The Kier molecular flexibility index (Phi) is 11.9. The van der Waals surface area contributed by atoms with Gasteiger partial charge in [0.05, 0.1) is 23.8 Å². The number of nitrogens with two attached hydrogens (primary N) is 2. The number of nitrogens with zero attached hydrogens (tertiary/aromatic N) is 5. The van der Waals surface area contributed by atoms with Crippen molar-refractivity contribution in [3.63, 3.8) is 0 Å². The number of carboxylic acid groups (broad SMARTS) is 1. The second-order valence-corrected chi connectivity index (χ2v) is 13.2. The number of rotatable bonds is 18. The van der Waals surface area contributed by atoms with E-state index in [0.29, 0.717) is 17.4 Å². The van der Waals surface area contributed by atoms with E-state index in [4.69, 9.17) is 25.6 Å². The van der Waals surface area contributed by atoms with Crippen LogP contribution in [-0.4, -0.2) is 100 Å². The number of hydrogen-bond donors (Lipinski definition) is 6. The monoisotopic (exact) mass is 724 g/mol. The zero-order valence-corrected chi connectivity index (χ0v) is 28.4. The largest absolute Gasteiger partial charge is 0.489 e. The number of nitrogens with one attached hydrogen (secondary N) is 2. The predicted molar refractivity (Wildman–Crippen MR) is 174 cm³/mol. The minimum Gasteiger partial charge on any atom is -0.489 e. The number of carboxylic acids is 1. The van der Waals surface area contributed by atoms with Gasteiger partial charge in [0, 0.05) is 18.5 Å². The number of benzene rings is 1. The summed E-state index contributed by atoms with van der Waals surface area (Å²) >= 11 is 0.962. The molecule has 3 heterocycles. The molecule has 0 radical (unpaired) electrons. The molecule has 266 valence electrons. The van der Waals surface area contributed by atoms with Crippen molar-refractivity contribution >= 4 is 50.4 Å². The first-order valence-corrected chi connectivity index (χ1v) is 17.0. The number of hydrogen-bond acceptors (Lipinski definition) is 14. The third-order valence-electron chi connectivity index (χ3n) is 7.32. The van der Waals surface area contributed by atoms with Crippen molar-refractivity contribution in [1.82, 2.24) is 25.4 Å². The van der Waals surface area contributed by atoms with Crippen LogP contribution in [0.15, 0.2) is 47.2 Å². The van der Waals surface area contributed by atoms with Gasteiger partial charge in [0.2, 0.25) is 6.20 Å². The minimum absolute atomic E-state index is 0.0609. The summed E-state index contributed by atoms with van der Waals surface area (Å²) in [7, 11) is -3.07. The van der Waals surface area contributed by atoms with Gasteiger partial charge in [0.1, 0.15) is 24.1 Å². The summed E-state index contributed by atoms with van der Waals surface area (Å²) in [5, 5.41) is 20.9. The molecule has 2 aromatic heterocycles. The Morgan fingerprint density at radius 3 is 2.53 bits per heavy atom. The smallest absolute Gasteiger partial charge is 0.418 e. The fraction of sp³-hybridized carbons (Fsp3) is 0.429. The second kappa shape index (κ2) is 15.7. The summed E-state index contributed by atoms with van der Waals surface area (Å²) in [6, 6.07) is 5.68. The predicted octanol–water partition coefficient (Wildman–Crippen LogP) is -0.950. The molecule has 49 heavy (non-hydrogen) atoms. The number of hydroxylamine groups is 2. The molecule has 0 bridgehead atoms. The average Bonchev–Trinajstić information content (AvgIpc) is 3.64. The highest BCUT2D eigenvalue weighted by molar-refractivity contribution is 7.80. The van der Waals surface area contributed by atoms with Crippen LogP contribution in [0, 0.1) is 0 Å². The molecule has 0 spiro atoms. The number of aromatic nitrogens is 3. The molecule has 1 fully saturated rings. The van der Waals surface area contributed by atoms with Gasteiger partial charge >= 0.3 is 16.4 Å². The maximum atomic E-state index is 13.2. The number of ether oxygens (including phenoxy) is 1. The van der Waals surface area contributed by atoms with Crippen molar-refractivity contribution in [2.75, 3.05) is 32.0 Å². The Morgan fingerprint density at radius 2 is 1.94 bits per heavy atom. The highest BCUT2D eigenvalue weighted by Crippen LogP contribution is 2.33. The van der Waals surface area contributed by atoms with Crippen LogP contribution in [0.25, 0.3) is 11.1 Å². The SMILES string of the molecule is C[n+]1cc(-c2ccc(OC[C@H](O/N=C(/C(=O)N[C@@H]3C(=O)N(OS(=O)(=O)O)C3(C)C)c3csc(N)n3)C(=O)O)cc2)cn1CCCNCCN. The van der Waals surface area contributed by atoms with E-state index < -0.39 is 58.2 Å². The zero-order chi connectivity index (χ0) is 35.9. The molecule has 1 aliphatic rings. The van der Waals surface area contributed by atoms with E-state index in [0.717, 1.165) is 48.5 Å². The lowest BCUT2D eigenvalue weighted by molar-refractivity contribution is -0.753. The van der Waals surface area contributed by atoms with Gasteiger partial charge in [-0.2, -0.15) is 18.2 Å². The van der Waals surface area contributed by atoms with E-state index >= 15 is 0 Å². The van der Waals surface area contributed by atoms with Gasteiger partial charge in [0.15, 0.2) is 17.9 Å². The lowest BCUT2D eigenvalue weighted by Gasteiger charge is -2.50. The van der Waals surface area contributed by atoms with Gasteiger partial charge in [-0.3, -0.25) is 14.1 Å². The molecule has 0 aliphatic carbocycles. The number of carbonyl (C=O) groups is 3. The standard InChI is InChI=1S/C28H37N9O10S2/c1-28(2)23(25(39)37(28)47-49(42,43)44)33-24(38)22(20-16-48-27(30)32-20)34-46-21(26(40)41)15-45-19-7-5-17(6-8-19)18-13-35(3)36(14-18)12-4-10-31-11-9-29/h5-8,13-14,16,21,23,31H,4,9-12,15,29H2,1-3H3,(H4-,30,32,33,38,40,41,42,43,44)/p+1/b34-22+/t21-,23+/m0/s1. The first-order chi connectivity index (χ1) is 23.1. The number of aryl methyl sites for hydroxylation is 2. The van der Waals surface area contributed by atoms with Crippen molar-refractivity contribution in [1.29, 1.82) is 0 Å². The Labute approximate surface area is 285 Å². The van der Waals surface area contributed by atoms with Crippen molar-refractivity contribution in [3.8, 4) is 16.9 Å². The van der Waals surface area contributed by atoms with Crippen LogP contribution in [0.5, 0.6) is 5.75 Å². The lowest BCUT2D eigenvalue weighted by atomic mass is 9.84. The van der Waals surface area contributed by atoms with Gasteiger partial charge in [-0.05, 0) is 44.5 Å². The minimum atomic E-state index is -5.02. The number of thiazole rings is 1. The highest BCUT2D eigenvalue weighted by Gasteiger charge is 2.58. The molecule has 1 saturated heterocycles. The van der Waals surface area contributed by atoms with Gasteiger partial charge in [-0.25, -0.2) is 9.78 Å². The molecular weight excluding hydrogens is 686 g/mol. The normalized spacial score (nSPS) is 16.6. The molecule has 3 aromatic rings. The molecule has 0 saturated carbocycles. The molecule has 19 nitrogen and oxygen atoms in total. The van der Waals surface area contributed by atoms with Crippen LogP contribution in [0.2, 0.25) is 0 Å². The summed E-state index contributed by atoms with van der Waals surface area (Å²) in [6.45, 7) is 5.27. The number of nitrogen functional groups attached to an aromatic ring is 1. The number of carbonyl (C=O) groups excluding carboxylic acids is 2. The number of amides is 2. The fourth-order valence-corrected chi connectivity index (χ4v) is 5.73. The van der Waals surface area contributed by atoms with E-state index in [1.165, 1.54) is 19.2 Å². The van der Waals surface area contributed by atoms with Crippen LogP contribution in [0.3, 0.4) is 0 Å². The van der Waals surface area contributed by atoms with Crippen LogP contribution in [-0.2, 0) is 47.5 Å². The molecule has 4 rings (SSSR count). The van der Waals surface area contributed by atoms with Crippen molar-refractivity contribution < 1.29 is 51.0 Å². The Balaban J connectivity index is 1.40. The van der Waals surface area contributed by atoms with Gasteiger partial charge in [-0.15, -0.1) is 20.3 Å². The van der Waals surface area contributed by atoms with Gasteiger partial charge < -0.3 is 36.8 Å². The molecule has 0 unspecified atom stereocenters. The summed E-state index contributed by atoms with van der Waals surface area (Å²) < 4.78 is 45.2. The quantitative estimate of drug-likeness (QED) is 0.0231. The van der Waals surface area contributed by atoms with Crippen molar-refractivity contribution in [2.24, 2.45) is 17.9 Å². The maximum Gasteiger partial charge on any atom is 0.418 e. The summed E-state index contributed by atoms with van der Waals surface area (Å²) in [5.74, 6) is -3.10. The zero-order valence-electron chi connectivity index (χ0n) is 26.8. The van der Waals surface area contributed by atoms with Gasteiger partial charge in [0.25, 0.3) is 17.9 Å². The summed E-state index contributed by atoms with van der Waals surface area (Å²) in [6.07, 6.45) is 3.28. The third-order valence-corrected chi connectivity index (χ3v) is 8.33. The van der Waals surface area contributed by atoms with E-state index in [2.05, 4.69) is 29.7 Å². The molecular formula is C28H38N9O10S2+. The summed E-state index contributed by atoms with van der Waals surface area (Å²) in [4.78, 5) is 47.0. The van der Waals surface area contributed by atoms with Crippen molar-refractivity contribution in [2.45, 2.75) is 44.5 Å². The second-order valence-electron chi connectivity index (χ2n) is 11.3. The summed E-state index contributed by atoms with van der Waals surface area (Å²) in [5.41, 5.74) is 11.1. The molecule has 21 heteroatoms. The van der Waals surface area contributed by atoms with Crippen LogP contribution in [0.1, 0.15) is 26.0 Å². The Bertz CT molecular complexity index is 1790. The molecule has 2 amide bonds. The lowest BCUT2D eigenvalue weighted by Crippen LogP contribution is -2.76. The number of aliphatic carboxylic acids is 1. The highest BCUT2D eigenvalue weighted by atomic mass is 32.3. The topological polar surface area (TPSA) is 267 Å². The number of β-lactam (4-membered cyclic amide) rings is 1. The first-order valence-electron chi connectivity index (χ1n) is 14.8. The average molecular weight is 725 g/mol. The van der Waals surface area contributed by atoms with Gasteiger partial charge in [-0.1, -0.05) is 17.3 Å². The van der Waals surface area contributed by atoms with E-state index in [1.54, 1.807) is 12.1 Å². The Hall–Kier alpha value is -4.67. The van der Waals surface area contributed by atoms with E-state index in [1.807, 2.05) is 36.3 Å². The molecule has 8 N–H and O–H groups in total. The van der Waals surface area contributed by atoms with Crippen molar-refractivity contribution in [3.05, 3.63) is 47.7 Å². The maximum absolute atomic E-state index is 13.2. The Morgan fingerprint density at radius 1 is 1.22 bits per heavy atom. The van der Waals surface area contributed by atoms with E-state index in [-0.39, 0.29) is 10.8 Å². The third kappa shape index (κ3) is 9.49. The molecule has 1 aromatic carbocycles. The fourth-order valence-electron chi connectivity index (χ4n) is 4.72.